The van der Waals surface area contributed by atoms with Gasteiger partial charge in [-0.1, -0.05) is 6.07 Å². The minimum Gasteiger partial charge on any atom is -0.452 e. The van der Waals surface area contributed by atoms with Crippen LogP contribution < -0.4 is 11.1 Å². The number of hydrogen-bond donors (Lipinski definition) is 2. The summed E-state index contributed by atoms with van der Waals surface area (Å²) in [6, 6.07) is 4.76. The SMILES string of the molecule is Cc1ccc(C(=O)OCC(=O)NCC(=O)N(C)C)cc1N. The summed E-state index contributed by atoms with van der Waals surface area (Å²) in [6.07, 6.45) is 0. The van der Waals surface area contributed by atoms with Crippen LogP contribution in [0.25, 0.3) is 0 Å². The highest BCUT2D eigenvalue weighted by molar-refractivity contribution is 5.92. The van der Waals surface area contributed by atoms with Crippen molar-refractivity contribution in [2.45, 2.75) is 6.92 Å². The molecule has 114 valence electrons. The van der Waals surface area contributed by atoms with Gasteiger partial charge >= 0.3 is 5.97 Å². The molecule has 0 atom stereocenters. The summed E-state index contributed by atoms with van der Waals surface area (Å²) in [5, 5.41) is 2.36. The lowest BCUT2D eigenvalue weighted by atomic mass is 10.1. The van der Waals surface area contributed by atoms with Gasteiger partial charge in [0, 0.05) is 19.8 Å². The minimum absolute atomic E-state index is 0.138. The van der Waals surface area contributed by atoms with Crippen molar-refractivity contribution in [3.05, 3.63) is 29.3 Å². The Morgan fingerprint density at radius 3 is 2.52 bits per heavy atom. The highest BCUT2D eigenvalue weighted by Gasteiger charge is 2.12. The van der Waals surface area contributed by atoms with Crippen LogP contribution in [0, 0.1) is 6.92 Å². The molecule has 21 heavy (non-hydrogen) atoms. The van der Waals surface area contributed by atoms with Crippen LogP contribution in [-0.4, -0.2) is 49.9 Å². The number of aryl methyl sites for hydroxylation is 1. The van der Waals surface area contributed by atoms with E-state index in [9.17, 15) is 14.4 Å². The number of nitrogen functional groups attached to an aromatic ring is 1. The summed E-state index contributed by atoms with van der Waals surface area (Å²) >= 11 is 0. The predicted octanol–water partition coefficient (Wildman–Crippen LogP) is -0.0616. The van der Waals surface area contributed by atoms with Crippen LogP contribution in [-0.2, 0) is 14.3 Å². The number of esters is 1. The van der Waals surface area contributed by atoms with Crippen molar-refractivity contribution in [3.63, 3.8) is 0 Å². The Kier molecular flexibility index (Phi) is 5.71. The van der Waals surface area contributed by atoms with Crippen LogP contribution in [0.3, 0.4) is 0 Å². The molecule has 7 nitrogen and oxygen atoms in total. The molecule has 0 bridgehead atoms. The standard InChI is InChI=1S/C14H19N3O4/c1-9-4-5-10(6-11(9)15)14(20)21-8-12(18)16-7-13(19)17(2)3/h4-6H,7-8,15H2,1-3H3,(H,16,18). The maximum absolute atomic E-state index is 11.7. The van der Waals surface area contributed by atoms with E-state index in [0.29, 0.717) is 5.69 Å². The molecule has 0 saturated heterocycles. The second-order valence-electron chi connectivity index (χ2n) is 4.71. The third-order valence-electron chi connectivity index (χ3n) is 2.78. The van der Waals surface area contributed by atoms with E-state index in [0.717, 1.165) is 5.56 Å². The molecule has 0 aliphatic heterocycles. The van der Waals surface area contributed by atoms with Crippen molar-refractivity contribution < 1.29 is 19.1 Å². The predicted molar refractivity (Wildman–Crippen MR) is 77.6 cm³/mol. The third kappa shape index (κ3) is 5.13. The summed E-state index contributed by atoms with van der Waals surface area (Å²) in [4.78, 5) is 35.8. The van der Waals surface area contributed by atoms with Crippen molar-refractivity contribution in [1.82, 2.24) is 10.2 Å². The second-order valence-corrected chi connectivity index (χ2v) is 4.71. The number of anilines is 1. The minimum atomic E-state index is -0.643. The Morgan fingerprint density at radius 2 is 1.95 bits per heavy atom. The van der Waals surface area contributed by atoms with Gasteiger partial charge in [0.05, 0.1) is 12.1 Å². The molecule has 1 rings (SSSR count). The zero-order valence-electron chi connectivity index (χ0n) is 12.3. The molecule has 0 heterocycles. The number of ether oxygens (including phenoxy) is 1. The highest BCUT2D eigenvalue weighted by atomic mass is 16.5. The number of nitrogens with two attached hydrogens (primary N) is 1. The maximum Gasteiger partial charge on any atom is 0.338 e. The number of nitrogens with zero attached hydrogens (tertiary/aromatic N) is 1. The number of benzene rings is 1. The van der Waals surface area contributed by atoms with E-state index in [-0.39, 0.29) is 18.0 Å². The van der Waals surface area contributed by atoms with Gasteiger partial charge in [0.2, 0.25) is 5.91 Å². The molecular weight excluding hydrogens is 274 g/mol. The van der Waals surface area contributed by atoms with Crippen molar-refractivity contribution in [1.29, 1.82) is 0 Å². The molecule has 0 aromatic heterocycles. The maximum atomic E-state index is 11.7. The Balaban J connectivity index is 2.44. The molecule has 0 unspecified atom stereocenters. The van der Waals surface area contributed by atoms with Crippen molar-refractivity contribution >= 4 is 23.5 Å². The van der Waals surface area contributed by atoms with Crippen LogP contribution in [0.5, 0.6) is 0 Å². The van der Waals surface area contributed by atoms with Gasteiger partial charge in [-0.2, -0.15) is 0 Å². The third-order valence-corrected chi connectivity index (χ3v) is 2.78. The first kappa shape index (κ1) is 16.5. The number of likely N-dealkylation sites (N-methyl/N-ethyl adjacent to an activating group) is 1. The lowest BCUT2D eigenvalue weighted by Crippen LogP contribution is -2.38. The fourth-order valence-electron chi connectivity index (χ4n) is 1.37. The second kappa shape index (κ2) is 7.28. The summed E-state index contributed by atoms with van der Waals surface area (Å²) < 4.78 is 4.85. The summed E-state index contributed by atoms with van der Waals surface area (Å²) in [5.74, 6) is -1.43. The number of amides is 2. The molecule has 0 saturated carbocycles. The molecule has 0 aliphatic rings. The van der Waals surface area contributed by atoms with Gasteiger partial charge in [0.25, 0.3) is 5.91 Å². The quantitative estimate of drug-likeness (QED) is 0.585. The molecule has 1 aromatic carbocycles. The van der Waals surface area contributed by atoms with Crippen LogP contribution in [0.4, 0.5) is 5.69 Å². The first-order valence-corrected chi connectivity index (χ1v) is 6.31. The zero-order chi connectivity index (χ0) is 16.0. The fraction of sp³-hybridized carbons (Fsp3) is 0.357. The molecule has 0 fully saturated rings. The number of rotatable bonds is 5. The largest absolute Gasteiger partial charge is 0.452 e. The monoisotopic (exact) mass is 293 g/mol. The molecule has 3 N–H and O–H groups in total. The molecular formula is C14H19N3O4. The Hall–Kier alpha value is -2.57. The van der Waals surface area contributed by atoms with E-state index in [1.54, 1.807) is 26.2 Å². The molecule has 2 amide bonds. The summed E-state index contributed by atoms with van der Waals surface area (Å²) in [6.45, 7) is 1.23. The average Bonchev–Trinajstić information content (AvgIpc) is 2.44. The number of carbonyl (C=O) groups is 3. The van der Waals surface area contributed by atoms with Crippen molar-refractivity contribution in [3.8, 4) is 0 Å². The van der Waals surface area contributed by atoms with E-state index in [4.69, 9.17) is 10.5 Å². The highest BCUT2D eigenvalue weighted by Crippen LogP contribution is 2.13. The van der Waals surface area contributed by atoms with Crippen molar-refractivity contribution in [2.75, 3.05) is 33.0 Å². The molecule has 0 aliphatic carbocycles. The van der Waals surface area contributed by atoms with Crippen molar-refractivity contribution in [2.24, 2.45) is 0 Å². The molecule has 1 aromatic rings. The Bertz CT molecular complexity index is 555. The van der Waals surface area contributed by atoms with E-state index in [1.807, 2.05) is 6.92 Å². The van der Waals surface area contributed by atoms with Crippen LogP contribution in [0.1, 0.15) is 15.9 Å². The van der Waals surface area contributed by atoms with Crippen LogP contribution in [0.15, 0.2) is 18.2 Å². The molecule has 0 radical (unpaired) electrons. The first-order valence-electron chi connectivity index (χ1n) is 6.31. The van der Waals surface area contributed by atoms with Gasteiger partial charge in [0.1, 0.15) is 0 Å². The normalized spacial score (nSPS) is 9.86. The van der Waals surface area contributed by atoms with Crippen LogP contribution >= 0.6 is 0 Å². The van der Waals surface area contributed by atoms with Gasteiger partial charge in [0.15, 0.2) is 6.61 Å². The number of nitrogens with one attached hydrogen (secondary N) is 1. The number of carbonyl (C=O) groups excluding carboxylic acids is 3. The van der Waals surface area contributed by atoms with Gasteiger partial charge < -0.3 is 20.7 Å². The Morgan fingerprint density at radius 1 is 1.29 bits per heavy atom. The lowest BCUT2D eigenvalue weighted by molar-refractivity contribution is -0.131. The molecule has 7 heteroatoms. The van der Waals surface area contributed by atoms with Gasteiger partial charge in [-0.3, -0.25) is 9.59 Å². The molecule has 0 spiro atoms. The average molecular weight is 293 g/mol. The zero-order valence-corrected chi connectivity index (χ0v) is 12.3. The smallest absolute Gasteiger partial charge is 0.338 e. The summed E-state index contributed by atoms with van der Waals surface area (Å²) in [7, 11) is 3.16. The Labute approximate surface area is 123 Å². The van der Waals surface area contributed by atoms with Gasteiger partial charge in [-0.25, -0.2) is 4.79 Å². The van der Waals surface area contributed by atoms with E-state index in [1.165, 1.54) is 11.0 Å². The van der Waals surface area contributed by atoms with E-state index >= 15 is 0 Å². The topological polar surface area (TPSA) is 102 Å². The fourth-order valence-corrected chi connectivity index (χ4v) is 1.37. The first-order chi connectivity index (χ1) is 9.81. The van der Waals surface area contributed by atoms with Gasteiger partial charge in [-0.15, -0.1) is 0 Å². The van der Waals surface area contributed by atoms with E-state index < -0.39 is 18.5 Å². The van der Waals surface area contributed by atoms with Crippen LogP contribution in [0.2, 0.25) is 0 Å². The van der Waals surface area contributed by atoms with Gasteiger partial charge in [-0.05, 0) is 24.6 Å². The van der Waals surface area contributed by atoms with E-state index in [2.05, 4.69) is 5.32 Å². The lowest BCUT2D eigenvalue weighted by Gasteiger charge is -2.11. The number of hydrogen-bond acceptors (Lipinski definition) is 5. The summed E-state index contributed by atoms with van der Waals surface area (Å²) in [5.41, 5.74) is 7.30.